The van der Waals surface area contributed by atoms with Gasteiger partial charge in [0, 0.05) is 0 Å². The van der Waals surface area contributed by atoms with Crippen LogP contribution in [-0.4, -0.2) is 16.0 Å². The van der Waals surface area contributed by atoms with Crippen molar-refractivity contribution in [2.75, 3.05) is 0 Å². The van der Waals surface area contributed by atoms with Gasteiger partial charge in [0.1, 0.15) is 0 Å². The van der Waals surface area contributed by atoms with Crippen molar-refractivity contribution in [3.63, 3.8) is 0 Å². The van der Waals surface area contributed by atoms with Crippen LogP contribution >= 0.6 is 35.0 Å². The second-order valence-corrected chi connectivity index (χ2v) is 7.42. The van der Waals surface area contributed by atoms with Gasteiger partial charge in [-0.3, -0.25) is 14.5 Å². The monoisotopic (exact) mass is 391 g/mol. The smallest absolute Gasteiger partial charge is 0.268 e. The molecule has 1 aliphatic rings. The second kappa shape index (κ2) is 7.65. The van der Waals surface area contributed by atoms with E-state index in [0.29, 0.717) is 15.0 Å². The molecule has 2 aromatic rings. The summed E-state index contributed by atoms with van der Waals surface area (Å²) in [6, 6.07) is 13.0. The molecule has 3 rings (SSSR count). The Hall–Kier alpha value is -1.75. The first kappa shape index (κ1) is 18.1. The van der Waals surface area contributed by atoms with Gasteiger partial charge in [0.25, 0.3) is 11.1 Å². The van der Waals surface area contributed by atoms with Crippen LogP contribution in [0.3, 0.4) is 0 Å². The van der Waals surface area contributed by atoms with Crippen molar-refractivity contribution in [1.29, 1.82) is 0 Å². The number of rotatable bonds is 4. The molecule has 2 aromatic carbocycles. The summed E-state index contributed by atoms with van der Waals surface area (Å²) in [6.45, 7) is 2.26. The molecule has 0 aliphatic carbocycles. The largest absolute Gasteiger partial charge is 0.293 e. The second-order valence-electron chi connectivity index (χ2n) is 5.61. The van der Waals surface area contributed by atoms with E-state index in [9.17, 15) is 9.59 Å². The lowest BCUT2D eigenvalue weighted by molar-refractivity contribution is -0.123. The van der Waals surface area contributed by atoms with E-state index < -0.39 is 0 Å². The summed E-state index contributed by atoms with van der Waals surface area (Å²) in [4.78, 5) is 26.4. The molecule has 2 amide bonds. The van der Waals surface area contributed by atoms with E-state index in [1.807, 2.05) is 24.3 Å². The van der Waals surface area contributed by atoms with Gasteiger partial charge >= 0.3 is 0 Å². The van der Waals surface area contributed by atoms with Crippen LogP contribution in [0.15, 0.2) is 47.4 Å². The summed E-state index contributed by atoms with van der Waals surface area (Å²) in [5.41, 5.74) is 2.88. The molecule has 0 spiro atoms. The predicted octanol–water partition coefficient (Wildman–Crippen LogP) is 5.79. The molecule has 0 saturated carbocycles. The lowest BCUT2D eigenvalue weighted by atomic mass is 10.1. The fourth-order valence-corrected chi connectivity index (χ4v) is 3.62. The Morgan fingerprint density at radius 3 is 2.32 bits per heavy atom. The molecule has 0 aromatic heterocycles. The van der Waals surface area contributed by atoms with Crippen LogP contribution in [0.25, 0.3) is 6.08 Å². The fraction of sp³-hybridized carbons (Fsp3) is 0.158. The van der Waals surface area contributed by atoms with Crippen LogP contribution in [0, 0.1) is 0 Å². The first-order chi connectivity index (χ1) is 12.0. The maximum Gasteiger partial charge on any atom is 0.293 e. The highest BCUT2D eigenvalue weighted by Crippen LogP contribution is 2.34. The van der Waals surface area contributed by atoms with Crippen molar-refractivity contribution < 1.29 is 9.59 Å². The maximum absolute atomic E-state index is 12.6. The molecule has 1 fully saturated rings. The molecule has 0 bridgehead atoms. The van der Waals surface area contributed by atoms with E-state index in [4.69, 9.17) is 23.2 Å². The van der Waals surface area contributed by atoms with E-state index in [-0.39, 0.29) is 17.7 Å². The van der Waals surface area contributed by atoms with Crippen LogP contribution < -0.4 is 0 Å². The van der Waals surface area contributed by atoms with Crippen LogP contribution in [0.5, 0.6) is 0 Å². The topological polar surface area (TPSA) is 37.4 Å². The third kappa shape index (κ3) is 4.09. The number of imide groups is 1. The van der Waals surface area contributed by atoms with Gasteiger partial charge in [-0.25, -0.2) is 0 Å². The third-order valence-electron chi connectivity index (χ3n) is 3.88. The summed E-state index contributed by atoms with van der Waals surface area (Å²) in [7, 11) is 0. The van der Waals surface area contributed by atoms with Gasteiger partial charge in [-0.1, -0.05) is 60.5 Å². The maximum atomic E-state index is 12.6. The number of amides is 2. The number of nitrogens with zero attached hydrogens (tertiary/aromatic N) is 1. The molecule has 128 valence electrons. The van der Waals surface area contributed by atoms with Crippen LogP contribution in [0.1, 0.15) is 23.6 Å². The number of hydrogen-bond donors (Lipinski definition) is 0. The zero-order chi connectivity index (χ0) is 18.0. The average molecular weight is 392 g/mol. The first-order valence-corrected chi connectivity index (χ1v) is 9.33. The van der Waals surface area contributed by atoms with Crippen LogP contribution in [0.4, 0.5) is 4.79 Å². The molecular weight excluding hydrogens is 377 g/mol. The Kier molecular flexibility index (Phi) is 5.52. The third-order valence-corrected chi connectivity index (χ3v) is 5.53. The Morgan fingerprint density at radius 2 is 1.68 bits per heavy atom. The summed E-state index contributed by atoms with van der Waals surface area (Å²) < 4.78 is 0. The minimum Gasteiger partial charge on any atom is -0.268 e. The fourth-order valence-electron chi connectivity index (χ4n) is 2.46. The number of carbonyl (C=O) groups is 2. The minimum absolute atomic E-state index is 0.174. The Bertz CT molecular complexity index is 862. The molecule has 1 heterocycles. The molecule has 6 heteroatoms. The number of benzene rings is 2. The number of aryl methyl sites for hydroxylation is 1. The summed E-state index contributed by atoms with van der Waals surface area (Å²) in [6.07, 6.45) is 2.71. The summed E-state index contributed by atoms with van der Waals surface area (Å²) in [5, 5.41) is 0.556. The highest BCUT2D eigenvalue weighted by molar-refractivity contribution is 8.18. The molecule has 3 nitrogen and oxygen atoms in total. The highest BCUT2D eigenvalue weighted by Gasteiger charge is 2.35. The van der Waals surface area contributed by atoms with Crippen molar-refractivity contribution in [2.45, 2.75) is 19.9 Å². The Morgan fingerprint density at radius 1 is 1.00 bits per heavy atom. The van der Waals surface area contributed by atoms with Crippen molar-refractivity contribution in [3.8, 4) is 0 Å². The van der Waals surface area contributed by atoms with Gasteiger partial charge in [-0.05, 0) is 53.1 Å². The Labute approximate surface area is 160 Å². The van der Waals surface area contributed by atoms with Gasteiger partial charge < -0.3 is 0 Å². The zero-order valence-corrected chi connectivity index (χ0v) is 15.8. The zero-order valence-electron chi connectivity index (χ0n) is 13.5. The van der Waals surface area contributed by atoms with Gasteiger partial charge in [0.05, 0.1) is 21.5 Å². The molecule has 0 N–H and O–H groups in total. The van der Waals surface area contributed by atoms with E-state index in [1.54, 1.807) is 24.3 Å². The molecular formula is C19H15Cl2NO2S. The molecule has 0 radical (unpaired) electrons. The van der Waals surface area contributed by atoms with Gasteiger partial charge in [0.15, 0.2) is 0 Å². The van der Waals surface area contributed by atoms with E-state index in [1.165, 1.54) is 10.5 Å². The number of carbonyl (C=O) groups excluding carboxylic acids is 2. The normalized spacial score (nSPS) is 16.1. The van der Waals surface area contributed by atoms with Gasteiger partial charge in [-0.2, -0.15) is 0 Å². The number of thioether (sulfide) groups is 1. The first-order valence-electron chi connectivity index (χ1n) is 7.76. The van der Waals surface area contributed by atoms with Gasteiger partial charge in [0.2, 0.25) is 0 Å². The van der Waals surface area contributed by atoms with Crippen molar-refractivity contribution >= 4 is 52.2 Å². The highest BCUT2D eigenvalue weighted by atomic mass is 35.5. The molecule has 1 aliphatic heterocycles. The van der Waals surface area contributed by atoms with Crippen LogP contribution in [-0.2, 0) is 17.8 Å². The minimum atomic E-state index is -0.291. The average Bonchev–Trinajstić information content (AvgIpc) is 2.86. The van der Waals surface area contributed by atoms with Crippen molar-refractivity contribution in [2.24, 2.45) is 0 Å². The number of halogens is 2. The Balaban J connectivity index is 1.79. The summed E-state index contributed by atoms with van der Waals surface area (Å²) in [5.74, 6) is -0.291. The SMILES string of the molecule is CCc1ccc(/C=C2\SC(=O)N(Cc3ccc(Cl)c(Cl)c3)C2=O)cc1. The quantitative estimate of drug-likeness (QED) is 0.618. The van der Waals surface area contributed by atoms with E-state index in [2.05, 4.69) is 6.92 Å². The van der Waals surface area contributed by atoms with E-state index >= 15 is 0 Å². The molecule has 25 heavy (non-hydrogen) atoms. The van der Waals surface area contributed by atoms with Crippen molar-refractivity contribution in [1.82, 2.24) is 4.90 Å². The lowest BCUT2D eigenvalue weighted by Crippen LogP contribution is -2.27. The molecule has 1 saturated heterocycles. The van der Waals surface area contributed by atoms with Crippen LogP contribution in [0.2, 0.25) is 10.0 Å². The number of hydrogen-bond acceptors (Lipinski definition) is 3. The predicted molar refractivity (Wildman–Crippen MR) is 104 cm³/mol. The lowest BCUT2D eigenvalue weighted by Gasteiger charge is -2.12. The van der Waals surface area contributed by atoms with Crippen molar-refractivity contribution in [3.05, 3.63) is 74.1 Å². The molecule has 0 atom stereocenters. The van der Waals surface area contributed by atoms with E-state index in [0.717, 1.165) is 29.3 Å². The summed E-state index contributed by atoms with van der Waals surface area (Å²) >= 11 is 12.8. The molecule has 0 unspecified atom stereocenters. The van der Waals surface area contributed by atoms with Gasteiger partial charge in [-0.15, -0.1) is 0 Å². The standard InChI is InChI=1S/C19H15Cl2NO2S/c1-2-12-3-5-13(6-4-12)10-17-18(23)22(19(24)25-17)11-14-7-8-15(20)16(21)9-14/h3-10H,2,11H2,1H3/b17-10-.